The van der Waals surface area contributed by atoms with Crippen LogP contribution in [0.5, 0.6) is 17.2 Å². The summed E-state index contributed by atoms with van der Waals surface area (Å²) in [5, 5.41) is 3.27. The van der Waals surface area contributed by atoms with Crippen molar-refractivity contribution in [3.05, 3.63) is 65.5 Å². The normalized spacial score (nSPS) is 13.5. The fourth-order valence-electron chi connectivity index (χ4n) is 3.86. The molecule has 0 spiro atoms. The molecule has 7 heteroatoms. The minimum Gasteiger partial charge on any atom is -0.495 e. The highest BCUT2D eigenvalue weighted by molar-refractivity contribution is 5.62. The Morgan fingerprint density at radius 2 is 1.84 bits per heavy atom. The molecule has 0 unspecified atom stereocenters. The average molecular weight is 435 g/mol. The van der Waals surface area contributed by atoms with Crippen molar-refractivity contribution in [1.82, 2.24) is 14.9 Å². The number of fused-ring (bicyclic) bond motifs is 1. The van der Waals surface area contributed by atoms with E-state index in [-0.39, 0.29) is 6.10 Å². The number of ether oxygens (including phenoxy) is 3. The maximum Gasteiger partial charge on any atom is 0.227 e. The van der Waals surface area contributed by atoms with Gasteiger partial charge in [-0.05, 0) is 43.7 Å². The molecule has 0 aliphatic carbocycles. The highest BCUT2D eigenvalue weighted by Gasteiger charge is 2.19. The largest absolute Gasteiger partial charge is 0.495 e. The van der Waals surface area contributed by atoms with E-state index >= 15 is 0 Å². The third-order valence-electron chi connectivity index (χ3n) is 5.36. The highest BCUT2D eigenvalue weighted by Crippen LogP contribution is 2.30. The number of benzene rings is 2. The predicted octanol–water partition coefficient (Wildman–Crippen LogP) is 4.58. The van der Waals surface area contributed by atoms with Gasteiger partial charge in [-0.1, -0.05) is 18.2 Å². The minimum atomic E-state index is 0.107. The van der Waals surface area contributed by atoms with Crippen molar-refractivity contribution in [2.75, 3.05) is 26.1 Å². The number of nitrogens with one attached hydrogen (secondary N) is 1. The monoisotopic (exact) mass is 434 g/mol. The lowest BCUT2D eigenvalue weighted by Crippen LogP contribution is -2.31. The fourth-order valence-corrected chi connectivity index (χ4v) is 3.86. The maximum absolute atomic E-state index is 5.83. The number of anilines is 2. The van der Waals surface area contributed by atoms with Crippen molar-refractivity contribution in [3.8, 4) is 17.2 Å². The van der Waals surface area contributed by atoms with E-state index < -0.39 is 0 Å². The molecule has 0 fully saturated rings. The van der Waals surface area contributed by atoms with Gasteiger partial charge in [0.05, 0.1) is 31.7 Å². The van der Waals surface area contributed by atoms with Crippen molar-refractivity contribution < 1.29 is 14.2 Å². The Hall–Kier alpha value is -3.32. The van der Waals surface area contributed by atoms with Gasteiger partial charge in [0.25, 0.3) is 0 Å². The fraction of sp³-hybridized carbons (Fsp3) is 0.360. The molecular weight excluding hydrogens is 404 g/mol. The standard InChI is InChI=1S/C25H30N4O3/c1-17(2)32-23-10-9-18(13-24(23)31-4)15-29-12-11-20-19(16-29)14-26-25(27-20)28-21-7-5-6-8-22(21)30-3/h5-10,13-14,17H,11-12,15-16H2,1-4H3,(H,26,27,28). The van der Waals surface area contributed by atoms with E-state index in [1.807, 2.05) is 50.4 Å². The summed E-state index contributed by atoms with van der Waals surface area (Å²) in [6.45, 7) is 6.61. The lowest BCUT2D eigenvalue weighted by molar-refractivity contribution is 0.228. The number of aromatic nitrogens is 2. The van der Waals surface area contributed by atoms with Crippen LogP contribution in [0.3, 0.4) is 0 Å². The summed E-state index contributed by atoms with van der Waals surface area (Å²) in [5.41, 5.74) is 4.29. The van der Waals surface area contributed by atoms with Gasteiger partial charge in [0, 0.05) is 37.8 Å². The Kier molecular flexibility index (Phi) is 6.75. The summed E-state index contributed by atoms with van der Waals surface area (Å²) in [5.74, 6) is 2.90. The zero-order valence-corrected chi connectivity index (χ0v) is 19.1. The Morgan fingerprint density at radius 3 is 2.62 bits per heavy atom. The van der Waals surface area contributed by atoms with Gasteiger partial charge in [0.15, 0.2) is 11.5 Å². The molecule has 168 valence electrons. The van der Waals surface area contributed by atoms with E-state index in [1.54, 1.807) is 14.2 Å². The number of nitrogens with zero attached hydrogens (tertiary/aromatic N) is 3. The summed E-state index contributed by atoms with van der Waals surface area (Å²) in [7, 11) is 3.33. The molecule has 0 bridgehead atoms. The molecular formula is C25H30N4O3. The van der Waals surface area contributed by atoms with Crippen molar-refractivity contribution in [3.63, 3.8) is 0 Å². The van der Waals surface area contributed by atoms with E-state index in [1.165, 1.54) is 5.56 Å². The van der Waals surface area contributed by atoms with Crippen molar-refractivity contribution in [2.45, 2.75) is 39.5 Å². The van der Waals surface area contributed by atoms with Crippen LogP contribution >= 0.6 is 0 Å². The first-order valence-electron chi connectivity index (χ1n) is 10.9. The first-order valence-corrected chi connectivity index (χ1v) is 10.9. The summed E-state index contributed by atoms with van der Waals surface area (Å²) < 4.78 is 16.8. The van der Waals surface area contributed by atoms with Crippen LogP contribution in [0.25, 0.3) is 0 Å². The van der Waals surface area contributed by atoms with Gasteiger partial charge < -0.3 is 19.5 Å². The van der Waals surface area contributed by atoms with Gasteiger partial charge in [0.2, 0.25) is 5.95 Å². The molecule has 2 aromatic carbocycles. The molecule has 2 heterocycles. The number of rotatable bonds is 8. The van der Waals surface area contributed by atoms with Gasteiger partial charge >= 0.3 is 0 Å². The molecule has 1 N–H and O–H groups in total. The highest BCUT2D eigenvalue weighted by atomic mass is 16.5. The number of hydrogen-bond acceptors (Lipinski definition) is 7. The smallest absolute Gasteiger partial charge is 0.227 e. The first-order chi connectivity index (χ1) is 15.6. The topological polar surface area (TPSA) is 68.7 Å². The van der Waals surface area contributed by atoms with E-state index in [0.717, 1.165) is 60.2 Å². The zero-order chi connectivity index (χ0) is 22.5. The third-order valence-corrected chi connectivity index (χ3v) is 5.36. The predicted molar refractivity (Wildman–Crippen MR) is 125 cm³/mol. The van der Waals surface area contributed by atoms with Crippen LogP contribution < -0.4 is 19.5 Å². The second-order valence-electron chi connectivity index (χ2n) is 8.10. The van der Waals surface area contributed by atoms with Gasteiger partial charge in [-0.3, -0.25) is 4.90 Å². The molecule has 1 aliphatic heterocycles. The molecule has 1 aliphatic rings. The van der Waals surface area contributed by atoms with Gasteiger partial charge in [-0.25, -0.2) is 9.97 Å². The molecule has 0 amide bonds. The molecule has 4 rings (SSSR count). The first kappa shape index (κ1) is 21.9. The Bertz CT molecular complexity index is 1070. The second kappa shape index (κ2) is 9.87. The lowest BCUT2D eigenvalue weighted by atomic mass is 10.1. The SMILES string of the molecule is COc1ccccc1Nc1ncc2c(n1)CCN(Cc1ccc(OC(C)C)c(OC)c1)C2. The zero-order valence-electron chi connectivity index (χ0n) is 19.1. The third kappa shape index (κ3) is 5.11. The van der Waals surface area contributed by atoms with E-state index in [4.69, 9.17) is 19.2 Å². The summed E-state index contributed by atoms with van der Waals surface area (Å²) in [6, 6.07) is 13.9. The summed E-state index contributed by atoms with van der Waals surface area (Å²) >= 11 is 0. The summed E-state index contributed by atoms with van der Waals surface area (Å²) in [4.78, 5) is 11.7. The number of hydrogen-bond donors (Lipinski definition) is 1. The lowest BCUT2D eigenvalue weighted by Gasteiger charge is -2.28. The quantitative estimate of drug-likeness (QED) is 0.556. The van der Waals surface area contributed by atoms with Crippen LogP contribution in [0.1, 0.15) is 30.7 Å². The number of methoxy groups -OCH3 is 2. The molecule has 1 aromatic heterocycles. The van der Waals surface area contributed by atoms with Crippen molar-refractivity contribution >= 4 is 11.6 Å². The average Bonchev–Trinajstić information content (AvgIpc) is 2.80. The Morgan fingerprint density at radius 1 is 1.03 bits per heavy atom. The Labute approximate surface area is 189 Å². The van der Waals surface area contributed by atoms with Crippen LogP contribution in [-0.4, -0.2) is 41.7 Å². The van der Waals surface area contributed by atoms with Gasteiger partial charge in [-0.2, -0.15) is 0 Å². The molecule has 32 heavy (non-hydrogen) atoms. The molecule has 0 saturated carbocycles. The number of para-hydroxylation sites is 2. The van der Waals surface area contributed by atoms with Crippen LogP contribution in [0.15, 0.2) is 48.7 Å². The van der Waals surface area contributed by atoms with Crippen LogP contribution in [0, 0.1) is 0 Å². The molecule has 0 saturated heterocycles. The van der Waals surface area contributed by atoms with Crippen LogP contribution in [-0.2, 0) is 19.5 Å². The van der Waals surface area contributed by atoms with Gasteiger partial charge in [-0.15, -0.1) is 0 Å². The molecule has 3 aromatic rings. The second-order valence-corrected chi connectivity index (χ2v) is 8.10. The van der Waals surface area contributed by atoms with Gasteiger partial charge in [0.1, 0.15) is 5.75 Å². The van der Waals surface area contributed by atoms with Crippen molar-refractivity contribution in [1.29, 1.82) is 0 Å². The van der Waals surface area contributed by atoms with E-state index in [9.17, 15) is 0 Å². The van der Waals surface area contributed by atoms with Crippen LogP contribution in [0.2, 0.25) is 0 Å². The maximum atomic E-state index is 5.83. The molecule has 7 nitrogen and oxygen atoms in total. The van der Waals surface area contributed by atoms with E-state index in [2.05, 4.69) is 27.3 Å². The van der Waals surface area contributed by atoms with E-state index in [0.29, 0.717) is 5.95 Å². The summed E-state index contributed by atoms with van der Waals surface area (Å²) in [6.07, 6.45) is 2.91. The Balaban J connectivity index is 1.43. The molecule has 0 atom stereocenters. The molecule has 0 radical (unpaired) electrons. The van der Waals surface area contributed by atoms with Crippen molar-refractivity contribution in [2.24, 2.45) is 0 Å². The minimum absolute atomic E-state index is 0.107. The van der Waals surface area contributed by atoms with Crippen LogP contribution in [0.4, 0.5) is 11.6 Å².